The normalized spacial score (nSPS) is 12.3. The lowest BCUT2D eigenvalue weighted by molar-refractivity contribution is 0.345. The molecule has 1 unspecified atom stereocenters. The van der Waals surface area contributed by atoms with Gasteiger partial charge in [0.25, 0.3) is 0 Å². The van der Waals surface area contributed by atoms with Gasteiger partial charge in [-0.15, -0.1) is 11.8 Å². The summed E-state index contributed by atoms with van der Waals surface area (Å²) in [7, 11) is 2.81. The molecule has 0 fully saturated rings. The fourth-order valence-electron chi connectivity index (χ4n) is 2.30. The van der Waals surface area contributed by atoms with E-state index in [1.54, 1.807) is 18.9 Å². The van der Waals surface area contributed by atoms with Crippen LogP contribution in [-0.4, -0.2) is 41.8 Å². The number of methoxy groups -OCH3 is 1. The number of hydrogen-bond donors (Lipinski definition) is 0. The molecule has 0 amide bonds. The van der Waals surface area contributed by atoms with Crippen molar-refractivity contribution in [3.05, 3.63) is 54.1 Å². The van der Waals surface area contributed by atoms with Gasteiger partial charge in [0.05, 0.1) is 17.9 Å². The molecule has 5 heteroatoms. The van der Waals surface area contributed by atoms with Crippen molar-refractivity contribution in [3.8, 4) is 5.75 Å². The van der Waals surface area contributed by atoms with Crippen LogP contribution in [0.5, 0.6) is 5.75 Å². The highest BCUT2D eigenvalue weighted by molar-refractivity contribution is 7.98. The highest BCUT2D eigenvalue weighted by atomic mass is 32.2. The van der Waals surface area contributed by atoms with Crippen LogP contribution in [0.15, 0.2) is 58.3 Å². The van der Waals surface area contributed by atoms with Crippen molar-refractivity contribution in [2.75, 3.05) is 32.7 Å². The molecule has 0 bridgehead atoms. The molecule has 0 aliphatic heterocycles. The SMILES string of the molecule is COc1cc(CN(C)CCS(=O)c2ccccc2)ccc1SC. The van der Waals surface area contributed by atoms with Crippen LogP contribution in [0.4, 0.5) is 0 Å². The molecule has 0 N–H and O–H groups in total. The van der Waals surface area contributed by atoms with E-state index in [1.165, 1.54) is 5.56 Å². The molecule has 124 valence electrons. The fourth-order valence-corrected chi connectivity index (χ4v) is 4.02. The molecule has 0 aliphatic carbocycles. The fraction of sp³-hybridized carbons (Fsp3) is 0.333. The van der Waals surface area contributed by atoms with E-state index in [1.807, 2.05) is 36.6 Å². The van der Waals surface area contributed by atoms with E-state index in [2.05, 4.69) is 30.1 Å². The van der Waals surface area contributed by atoms with Crippen molar-refractivity contribution >= 4 is 22.6 Å². The van der Waals surface area contributed by atoms with Crippen molar-refractivity contribution in [1.82, 2.24) is 4.90 Å². The van der Waals surface area contributed by atoms with Crippen molar-refractivity contribution in [2.24, 2.45) is 0 Å². The summed E-state index contributed by atoms with van der Waals surface area (Å²) in [4.78, 5) is 4.23. The Kier molecular flexibility index (Phi) is 7.15. The quantitative estimate of drug-likeness (QED) is 0.680. The lowest BCUT2D eigenvalue weighted by Crippen LogP contribution is -2.23. The van der Waals surface area contributed by atoms with Crippen LogP contribution in [0.1, 0.15) is 5.56 Å². The van der Waals surface area contributed by atoms with Gasteiger partial charge in [-0.05, 0) is 43.1 Å². The number of hydrogen-bond acceptors (Lipinski definition) is 4. The van der Waals surface area contributed by atoms with E-state index in [9.17, 15) is 4.21 Å². The molecule has 2 aromatic carbocycles. The first-order valence-electron chi connectivity index (χ1n) is 7.47. The lowest BCUT2D eigenvalue weighted by atomic mass is 10.2. The third-order valence-electron chi connectivity index (χ3n) is 3.56. The summed E-state index contributed by atoms with van der Waals surface area (Å²) < 4.78 is 17.7. The Morgan fingerprint density at radius 1 is 1.17 bits per heavy atom. The van der Waals surface area contributed by atoms with E-state index in [-0.39, 0.29) is 0 Å². The molecular weight excluding hydrogens is 326 g/mol. The van der Waals surface area contributed by atoms with Crippen LogP contribution in [-0.2, 0) is 17.3 Å². The van der Waals surface area contributed by atoms with Gasteiger partial charge in [0, 0.05) is 28.6 Å². The minimum Gasteiger partial charge on any atom is -0.496 e. The first-order valence-corrected chi connectivity index (χ1v) is 10.0. The molecule has 2 aromatic rings. The van der Waals surface area contributed by atoms with Gasteiger partial charge in [0.2, 0.25) is 0 Å². The molecule has 0 aromatic heterocycles. The summed E-state index contributed by atoms with van der Waals surface area (Å²) in [5.41, 5.74) is 1.20. The largest absolute Gasteiger partial charge is 0.496 e. The smallest absolute Gasteiger partial charge is 0.132 e. The number of ether oxygens (including phenoxy) is 1. The van der Waals surface area contributed by atoms with Crippen LogP contribution in [0.25, 0.3) is 0 Å². The second-order valence-electron chi connectivity index (χ2n) is 5.29. The summed E-state index contributed by atoms with van der Waals surface area (Å²) in [5, 5.41) is 0. The molecule has 0 heterocycles. The maximum absolute atomic E-state index is 12.2. The van der Waals surface area contributed by atoms with Gasteiger partial charge in [0.15, 0.2) is 0 Å². The van der Waals surface area contributed by atoms with Gasteiger partial charge in [-0.1, -0.05) is 24.3 Å². The van der Waals surface area contributed by atoms with E-state index < -0.39 is 10.8 Å². The molecule has 1 atom stereocenters. The highest BCUT2D eigenvalue weighted by Crippen LogP contribution is 2.28. The van der Waals surface area contributed by atoms with Crippen molar-refractivity contribution < 1.29 is 8.95 Å². The summed E-state index contributed by atoms with van der Waals surface area (Å²) >= 11 is 1.68. The van der Waals surface area contributed by atoms with Gasteiger partial charge in [-0.25, -0.2) is 0 Å². The Balaban J connectivity index is 1.90. The zero-order valence-corrected chi connectivity index (χ0v) is 15.5. The standard InChI is InChI=1S/C18H23NO2S2/c1-19(11-12-23(20)16-7-5-4-6-8-16)14-15-9-10-18(22-3)17(13-15)21-2/h4-10,13H,11-12,14H2,1-3H3. The molecule has 0 saturated heterocycles. The Morgan fingerprint density at radius 3 is 2.57 bits per heavy atom. The Hall–Kier alpha value is -1.30. The summed E-state index contributed by atoms with van der Waals surface area (Å²) in [6.45, 7) is 1.60. The second kappa shape index (κ2) is 9.11. The van der Waals surface area contributed by atoms with Crippen LogP contribution in [0.3, 0.4) is 0 Å². The van der Waals surface area contributed by atoms with Crippen molar-refractivity contribution in [2.45, 2.75) is 16.3 Å². The third-order valence-corrected chi connectivity index (χ3v) is 5.69. The molecule has 0 aliphatic rings. The first-order chi connectivity index (χ1) is 11.1. The minimum absolute atomic E-state index is 0.639. The van der Waals surface area contributed by atoms with Crippen molar-refractivity contribution in [1.29, 1.82) is 0 Å². The van der Waals surface area contributed by atoms with E-state index >= 15 is 0 Å². The molecule has 0 radical (unpaired) electrons. The Bertz CT molecular complexity index is 647. The molecule has 0 spiro atoms. The predicted octanol–water partition coefficient (Wildman–Crippen LogP) is 3.66. The predicted molar refractivity (Wildman–Crippen MR) is 98.8 cm³/mol. The van der Waals surface area contributed by atoms with Crippen LogP contribution < -0.4 is 4.74 Å². The van der Waals surface area contributed by atoms with Gasteiger partial charge < -0.3 is 9.64 Å². The molecule has 2 rings (SSSR count). The first kappa shape index (κ1) is 18.0. The lowest BCUT2D eigenvalue weighted by Gasteiger charge is -2.17. The summed E-state index contributed by atoms with van der Waals surface area (Å²) in [6.07, 6.45) is 2.04. The third kappa shape index (κ3) is 5.37. The van der Waals surface area contributed by atoms with E-state index in [0.717, 1.165) is 28.6 Å². The average molecular weight is 350 g/mol. The summed E-state index contributed by atoms with van der Waals surface area (Å²) in [5.74, 6) is 1.55. The highest BCUT2D eigenvalue weighted by Gasteiger charge is 2.08. The topological polar surface area (TPSA) is 29.5 Å². The van der Waals surface area contributed by atoms with Gasteiger partial charge >= 0.3 is 0 Å². The number of nitrogens with zero attached hydrogens (tertiary/aromatic N) is 1. The monoisotopic (exact) mass is 349 g/mol. The zero-order valence-electron chi connectivity index (χ0n) is 13.8. The van der Waals surface area contributed by atoms with Crippen LogP contribution in [0.2, 0.25) is 0 Å². The van der Waals surface area contributed by atoms with Crippen LogP contribution >= 0.6 is 11.8 Å². The van der Waals surface area contributed by atoms with E-state index in [0.29, 0.717) is 5.75 Å². The van der Waals surface area contributed by atoms with Gasteiger partial charge in [0.1, 0.15) is 5.75 Å². The number of rotatable bonds is 8. The zero-order chi connectivity index (χ0) is 16.7. The van der Waals surface area contributed by atoms with E-state index in [4.69, 9.17) is 4.74 Å². The van der Waals surface area contributed by atoms with Gasteiger partial charge in [-0.2, -0.15) is 0 Å². The second-order valence-corrected chi connectivity index (χ2v) is 7.71. The average Bonchev–Trinajstić information content (AvgIpc) is 2.60. The molecular formula is C18H23NO2S2. The molecule has 0 saturated carbocycles. The summed E-state index contributed by atoms with van der Waals surface area (Å²) in [6, 6.07) is 15.9. The maximum atomic E-state index is 12.2. The maximum Gasteiger partial charge on any atom is 0.132 e. The van der Waals surface area contributed by atoms with Gasteiger partial charge in [-0.3, -0.25) is 4.21 Å². The number of thioether (sulfide) groups is 1. The molecule has 3 nitrogen and oxygen atoms in total. The minimum atomic E-state index is -0.943. The number of benzene rings is 2. The van der Waals surface area contributed by atoms with Crippen molar-refractivity contribution in [3.63, 3.8) is 0 Å². The van der Waals surface area contributed by atoms with Crippen LogP contribution in [0, 0.1) is 0 Å². The molecule has 23 heavy (non-hydrogen) atoms. The Labute approximate surface area is 145 Å². The Morgan fingerprint density at radius 2 is 1.91 bits per heavy atom.